The number of carbonyl (C=O) groups is 1. The Morgan fingerprint density at radius 1 is 1.31 bits per heavy atom. The number of carbonyl (C=O) groups excluding carboxylic acids is 1. The van der Waals surface area contributed by atoms with Gasteiger partial charge in [-0.05, 0) is 12.1 Å². The summed E-state index contributed by atoms with van der Waals surface area (Å²) in [7, 11) is 0. The van der Waals surface area contributed by atoms with Crippen molar-refractivity contribution in [2.45, 2.75) is 18.9 Å². The number of nitrogens with one attached hydrogen (secondary N) is 1. The van der Waals surface area contributed by atoms with Crippen LogP contribution in [0.5, 0.6) is 0 Å². The normalized spacial score (nSPS) is 16.8. The quantitative estimate of drug-likeness (QED) is 0.591. The summed E-state index contributed by atoms with van der Waals surface area (Å²) >= 11 is 3.14. The number of hydrogen-bond acceptors (Lipinski definition) is 6. The fourth-order valence-corrected chi connectivity index (χ4v) is 5.07. The second-order valence-corrected chi connectivity index (χ2v) is 8.17. The number of benzene rings is 1. The lowest BCUT2D eigenvalue weighted by Gasteiger charge is -2.33. The van der Waals surface area contributed by atoms with E-state index in [1.165, 1.54) is 11.3 Å². The van der Waals surface area contributed by atoms with Crippen LogP contribution in [0.1, 0.15) is 27.4 Å². The summed E-state index contributed by atoms with van der Waals surface area (Å²) in [6, 6.07) is 7.82. The van der Waals surface area contributed by atoms with Gasteiger partial charge in [-0.2, -0.15) is 0 Å². The first-order valence-corrected chi connectivity index (χ1v) is 10.0. The molecule has 130 valence electrons. The van der Waals surface area contributed by atoms with Gasteiger partial charge in [0.2, 0.25) is 5.91 Å². The summed E-state index contributed by atoms with van der Waals surface area (Å²) in [6.45, 7) is 0.653. The summed E-state index contributed by atoms with van der Waals surface area (Å²) in [5.74, 6) is 0.0675. The highest BCUT2D eigenvalue weighted by Crippen LogP contribution is 2.37. The lowest BCUT2D eigenvalue weighted by atomic mass is 10.0. The molecule has 26 heavy (non-hydrogen) atoms. The molecule has 1 aromatic carbocycles. The number of imidazole rings is 1. The maximum Gasteiger partial charge on any atom is 0.230 e. The van der Waals surface area contributed by atoms with E-state index >= 15 is 0 Å². The molecule has 0 spiro atoms. The number of aromatic nitrogens is 4. The largest absolute Gasteiger partial charge is 0.348 e. The SMILES string of the molecule is O=C(Cc1nccs1)N1CCc2[nH]cnc2[C@H]1c1nc2ccccc2s1. The third-order valence-corrected chi connectivity index (χ3v) is 6.44. The van der Waals surface area contributed by atoms with Crippen LogP contribution in [-0.2, 0) is 17.6 Å². The Bertz CT molecular complexity index is 1040. The Hall–Kier alpha value is -2.58. The minimum Gasteiger partial charge on any atom is -0.348 e. The maximum atomic E-state index is 13.0. The lowest BCUT2D eigenvalue weighted by Crippen LogP contribution is -2.41. The monoisotopic (exact) mass is 381 g/mol. The number of nitrogens with zero attached hydrogens (tertiary/aromatic N) is 4. The molecule has 4 aromatic rings. The number of para-hydroxylation sites is 1. The van der Waals surface area contributed by atoms with Crippen LogP contribution in [0.2, 0.25) is 0 Å². The molecule has 1 N–H and O–H groups in total. The molecule has 5 rings (SSSR count). The molecule has 8 heteroatoms. The van der Waals surface area contributed by atoms with Gasteiger partial charge in [0.15, 0.2) is 0 Å². The zero-order valence-corrected chi connectivity index (χ0v) is 15.4. The van der Waals surface area contributed by atoms with Crippen molar-refractivity contribution in [2.24, 2.45) is 0 Å². The average Bonchev–Trinajstić information content (AvgIpc) is 3.40. The summed E-state index contributed by atoms with van der Waals surface area (Å²) in [5, 5.41) is 3.65. The number of amides is 1. The smallest absolute Gasteiger partial charge is 0.230 e. The van der Waals surface area contributed by atoms with Crippen LogP contribution in [0.25, 0.3) is 10.2 Å². The van der Waals surface area contributed by atoms with E-state index in [2.05, 4.69) is 21.0 Å². The molecule has 0 saturated carbocycles. The molecule has 3 aromatic heterocycles. The predicted octanol–water partition coefficient (Wildman–Crippen LogP) is 3.19. The van der Waals surface area contributed by atoms with Crippen molar-refractivity contribution in [3.63, 3.8) is 0 Å². The van der Waals surface area contributed by atoms with Crippen molar-refractivity contribution in [2.75, 3.05) is 6.54 Å². The van der Waals surface area contributed by atoms with Crippen LogP contribution in [0.3, 0.4) is 0 Å². The van der Waals surface area contributed by atoms with Crippen molar-refractivity contribution in [3.8, 4) is 0 Å². The number of hydrogen-bond donors (Lipinski definition) is 1. The molecule has 1 atom stereocenters. The third kappa shape index (κ3) is 2.62. The summed E-state index contributed by atoms with van der Waals surface area (Å²) in [4.78, 5) is 31.7. The van der Waals surface area contributed by atoms with Gasteiger partial charge in [-0.1, -0.05) is 12.1 Å². The second-order valence-electron chi connectivity index (χ2n) is 6.13. The van der Waals surface area contributed by atoms with Gasteiger partial charge in [-0.25, -0.2) is 15.0 Å². The molecule has 0 unspecified atom stereocenters. The molecule has 6 nitrogen and oxygen atoms in total. The van der Waals surface area contributed by atoms with Gasteiger partial charge in [0.1, 0.15) is 16.1 Å². The van der Waals surface area contributed by atoms with Gasteiger partial charge >= 0.3 is 0 Å². The first-order valence-electron chi connectivity index (χ1n) is 8.35. The number of H-pyrrole nitrogens is 1. The lowest BCUT2D eigenvalue weighted by molar-refractivity contribution is -0.132. The molecule has 1 amide bonds. The van der Waals surface area contributed by atoms with Gasteiger partial charge in [0.25, 0.3) is 0 Å². The Morgan fingerprint density at radius 3 is 3.08 bits per heavy atom. The van der Waals surface area contributed by atoms with Gasteiger partial charge in [0.05, 0.1) is 28.7 Å². The molecule has 0 fully saturated rings. The molecule has 1 aliphatic heterocycles. The maximum absolute atomic E-state index is 13.0. The Balaban J connectivity index is 1.56. The first kappa shape index (κ1) is 15.7. The molecule has 0 saturated heterocycles. The summed E-state index contributed by atoms with van der Waals surface area (Å²) in [6.07, 6.45) is 4.54. The minimum atomic E-state index is -0.241. The van der Waals surface area contributed by atoms with E-state index in [4.69, 9.17) is 4.98 Å². The molecule has 1 aliphatic rings. The highest BCUT2D eigenvalue weighted by molar-refractivity contribution is 7.18. The van der Waals surface area contributed by atoms with E-state index in [0.717, 1.165) is 38.0 Å². The van der Waals surface area contributed by atoms with Crippen LogP contribution in [0.15, 0.2) is 42.2 Å². The number of thiazole rings is 2. The zero-order valence-electron chi connectivity index (χ0n) is 13.8. The van der Waals surface area contributed by atoms with Crippen LogP contribution in [0, 0.1) is 0 Å². The topological polar surface area (TPSA) is 74.8 Å². The van der Waals surface area contributed by atoms with Gasteiger partial charge in [0, 0.05) is 30.2 Å². The van der Waals surface area contributed by atoms with Gasteiger partial charge < -0.3 is 9.88 Å². The number of fused-ring (bicyclic) bond motifs is 2. The fourth-order valence-electron chi connectivity index (χ4n) is 3.37. The van der Waals surface area contributed by atoms with Crippen molar-refractivity contribution >= 4 is 38.8 Å². The van der Waals surface area contributed by atoms with Crippen LogP contribution in [0.4, 0.5) is 0 Å². The van der Waals surface area contributed by atoms with Crippen LogP contribution >= 0.6 is 22.7 Å². The number of rotatable bonds is 3. The first-order chi connectivity index (χ1) is 12.8. The molecular formula is C18H15N5OS2. The number of aromatic amines is 1. The van der Waals surface area contributed by atoms with Crippen LogP contribution < -0.4 is 0 Å². The van der Waals surface area contributed by atoms with Crippen LogP contribution in [-0.4, -0.2) is 37.3 Å². The molecule has 0 bridgehead atoms. The summed E-state index contributed by atoms with van der Waals surface area (Å²) < 4.78 is 1.12. The van der Waals surface area contributed by atoms with E-state index in [1.54, 1.807) is 23.9 Å². The van der Waals surface area contributed by atoms with Crippen molar-refractivity contribution < 1.29 is 4.79 Å². The van der Waals surface area contributed by atoms with E-state index in [1.807, 2.05) is 28.5 Å². The van der Waals surface area contributed by atoms with E-state index < -0.39 is 0 Å². The van der Waals surface area contributed by atoms with Crippen molar-refractivity contribution in [1.82, 2.24) is 24.8 Å². The van der Waals surface area contributed by atoms with E-state index in [0.29, 0.717) is 13.0 Å². The third-order valence-electron chi connectivity index (χ3n) is 4.58. The molecular weight excluding hydrogens is 366 g/mol. The van der Waals surface area contributed by atoms with Crippen molar-refractivity contribution in [3.05, 3.63) is 63.6 Å². The highest BCUT2D eigenvalue weighted by Gasteiger charge is 2.36. The minimum absolute atomic E-state index is 0.0675. The molecule has 0 aliphatic carbocycles. The fraction of sp³-hybridized carbons (Fsp3) is 0.222. The average molecular weight is 381 g/mol. The Morgan fingerprint density at radius 2 is 2.23 bits per heavy atom. The summed E-state index contributed by atoms with van der Waals surface area (Å²) in [5.41, 5.74) is 2.96. The molecule has 4 heterocycles. The Labute approximate surface area is 157 Å². The van der Waals surface area contributed by atoms with E-state index in [-0.39, 0.29) is 11.9 Å². The zero-order chi connectivity index (χ0) is 17.5. The van der Waals surface area contributed by atoms with Gasteiger partial charge in [-0.3, -0.25) is 4.79 Å². The standard InChI is InChI=1S/C18H15N5OS2/c24-15(9-14-19-6-8-25-14)23-7-5-12-16(21-10-20-12)17(23)18-22-11-3-1-2-4-13(11)26-18/h1-4,6,8,10,17H,5,7,9H2,(H,20,21)/t17-/m0/s1. The Kier molecular flexibility index (Phi) is 3.79. The van der Waals surface area contributed by atoms with E-state index in [9.17, 15) is 4.79 Å². The second kappa shape index (κ2) is 6.30. The van der Waals surface area contributed by atoms with Crippen molar-refractivity contribution in [1.29, 1.82) is 0 Å². The molecule has 0 radical (unpaired) electrons. The highest BCUT2D eigenvalue weighted by atomic mass is 32.1. The van der Waals surface area contributed by atoms with Gasteiger partial charge in [-0.15, -0.1) is 22.7 Å². The predicted molar refractivity (Wildman–Crippen MR) is 101 cm³/mol.